The van der Waals surface area contributed by atoms with Gasteiger partial charge >= 0.3 is 0 Å². The van der Waals surface area contributed by atoms with E-state index in [1.165, 1.54) is 5.56 Å². The third kappa shape index (κ3) is 7.74. The molecule has 1 unspecified atom stereocenters. The van der Waals surface area contributed by atoms with Crippen LogP contribution in [0.25, 0.3) is 0 Å². The number of rotatable bonds is 13. The molecule has 0 fully saturated rings. The largest absolute Gasteiger partial charge is 0.494 e. The summed E-state index contributed by atoms with van der Waals surface area (Å²) in [6.07, 6.45) is 2.04. The number of benzene rings is 2. The van der Waals surface area contributed by atoms with Crippen molar-refractivity contribution < 1.29 is 19.0 Å². The zero-order valence-electron chi connectivity index (χ0n) is 19.4. The second-order valence-electron chi connectivity index (χ2n) is 8.43. The molecule has 5 nitrogen and oxygen atoms in total. The van der Waals surface area contributed by atoms with Gasteiger partial charge in [-0.05, 0) is 59.9 Å². The fourth-order valence-electron chi connectivity index (χ4n) is 3.47. The Bertz CT molecular complexity index is 888. The van der Waals surface area contributed by atoms with Crippen LogP contribution in [0.5, 0.6) is 11.5 Å². The summed E-state index contributed by atoms with van der Waals surface area (Å²) in [5.41, 5.74) is 2.42. The van der Waals surface area contributed by atoms with Crippen LogP contribution in [0, 0.1) is 0 Å². The zero-order valence-corrected chi connectivity index (χ0v) is 19.4. The summed E-state index contributed by atoms with van der Waals surface area (Å²) in [6.45, 7) is 9.15. The maximum Gasteiger partial charge on any atom is 0.119 e. The molecule has 0 spiro atoms. The summed E-state index contributed by atoms with van der Waals surface area (Å²) in [7, 11) is 0. The summed E-state index contributed by atoms with van der Waals surface area (Å²) in [4.78, 5) is 2.16. The van der Waals surface area contributed by atoms with Gasteiger partial charge in [-0.1, -0.05) is 45.0 Å². The van der Waals surface area contributed by atoms with Crippen molar-refractivity contribution in [3.8, 4) is 11.5 Å². The van der Waals surface area contributed by atoms with E-state index in [1.807, 2.05) is 36.4 Å². The molecule has 0 saturated carbocycles. The van der Waals surface area contributed by atoms with E-state index in [9.17, 15) is 5.11 Å². The molecule has 1 atom stereocenters. The van der Waals surface area contributed by atoms with E-state index in [4.69, 9.17) is 13.9 Å². The van der Waals surface area contributed by atoms with Crippen molar-refractivity contribution in [1.29, 1.82) is 0 Å². The Morgan fingerprint density at radius 3 is 2.22 bits per heavy atom. The van der Waals surface area contributed by atoms with E-state index in [0.717, 1.165) is 35.9 Å². The van der Waals surface area contributed by atoms with Crippen LogP contribution in [-0.2, 0) is 13.1 Å². The number of aliphatic hydroxyl groups is 1. The van der Waals surface area contributed by atoms with Gasteiger partial charge in [0.05, 0.1) is 19.4 Å². The molecule has 5 heteroatoms. The van der Waals surface area contributed by atoms with E-state index in [2.05, 4.69) is 49.9 Å². The predicted octanol–water partition coefficient (Wildman–Crippen LogP) is 5.63. The smallest absolute Gasteiger partial charge is 0.119 e. The molecule has 1 aromatic heterocycles. The Morgan fingerprint density at radius 1 is 0.906 bits per heavy atom. The molecule has 172 valence electrons. The second kappa shape index (κ2) is 12.3. The molecule has 0 aliphatic carbocycles. The molecular formula is C27H35NO4. The van der Waals surface area contributed by atoms with Gasteiger partial charge in [-0.25, -0.2) is 0 Å². The normalized spacial score (nSPS) is 12.3. The summed E-state index contributed by atoms with van der Waals surface area (Å²) < 4.78 is 17.0. The van der Waals surface area contributed by atoms with Crippen LogP contribution in [0.15, 0.2) is 71.3 Å². The lowest BCUT2D eigenvalue weighted by Crippen LogP contribution is -2.35. The summed E-state index contributed by atoms with van der Waals surface area (Å²) >= 11 is 0. The van der Waals surface area contributed by atoms with E-state index >= 15 is 0 Å². The average Bonchev–Trinajstić information content (AvgIpc) is 3.30. The van der Waals surface area contributed by atoms with Crippen molar-refractivity contribution >= 4 is 0 Å². The Hall–Kier alpha value is -2.76. The van der Waals surface area contributed by atoms with Crippen LogP contribution >= 0.6 is 0 Å². The average molecular weight is 438 g/mol. The fraction of sp³-hybridized carbons (Fsp3) is 0.407. The first kappa shape index (κ1) is 23.9. The van der Waals surface area contributed by atoms with Gasteiger partial charge in [0.15, 0.2) is 0 Å². The number of nitrogens with zero attached hydrogens (tertiary/aromatic N) is 1. The van der Waals surface area contributed by atoms with Crippen molar-refractivity contribution in [2.75, 3.05) is 19.8 Å². The van der Waals surface area contributed by atoms with Crippen LogP contribution in [-0.4, -0.2) is 35.9 Å². The highest BCUT2D eigenvalue weighted by Crippen LogP contribution is 2.19. The maximum absolute atomic E-state index is 10.7. The van der Waals surface area contributed by atoms with Crippen molar-refractivity contribution in [2.24, 2.45) is 0 Å². The number of hydrogen-bond donors (Lipinski definition) is 1. The van der Waals surface area contributed by atoms with Crippen LogP contribution in [0.1, 0.15) is 50.0 Å². The molecule has 0 saturated heterocycles. The van der Waals surface area contributed by atoms with Crippen molar-refractivity contribution in [2.45, 2.75) is 52.3 Å². The fourth-order valence-corrected chi connectivity index (χ4v) is 3.47. The molecule has 0 aliphatic heterocycles. The summed E-state index contributed by atoms with van der Waals surface area (Å²) in [5, 5.41) is 10.7. The Kier molecular flexibility index (Phi) is 9.20. The van der Waals surface area contributed by atoms with Crippen LogP contribution < -0.4 is 9.47 Å². The predicted molar refractivity (Wildman–Crippen MR) is 127 cm³/mol. The molecule has 1 heterocycles. The van der Waals surface area contributed by atoms with E-state index in [0.29, 0.717) is 25.6 Å². The van der Waals surface area contributed by atoms with E-state index in [-0.39, 0.29) is 6.61 Å². The maximum atomic E-state index is 10.7. The first-order valence-corrected chi connectivity index (χ1v) is 11.4. The number of hydrogen-bond acceptors (Lipinski definition) is 5. The quantitative estimate of drug-likeness (QED) is 0.375. The Morgan fingerprint density at radius 2 is 1.59 bits per heavy atom. The standard InChI is InChI=1S/C27H35NO4/c1-4-15-30-25-11-7-22(8-12-25)17-28(19-27-6-5-16-31-27)18-24(29)20-32-26-13-9-23(10-14-26)21(2)3/h5-14,16,21,24,29H,4,15,17-20H2,1-3H3. The van der Waals surface area contributed by atoms with Gasteiger partial charge in [-0.3, -0.25) is 4.90 Å². The highest BCUT2D eigenvalue weighted by Gasteiger charge is 2.15. The lowest BCUT2D eigenvalue weighted by atomic mass is 10.0. The Balaban J connectivity index is 1.57. The van der Waals surface area contributed by atoms with Gasteiger partial charge in [0, 0.05) is 13.1 Å². The topological polar surface area (TPSA) is 55.1 Å². The van der Waals surface area contributed by atoms with Gasteiger partial charge in [-0.2, -0.15) is 0 Å². The molecule has 0 radical (unpaired) electrons. The molecule has 1 N–H and O–H groups in total. The van der Waals surface area contributed by atoms with E-state index < -0.39 is 6.10 Å². The first-order chi connectivity index (χ1) is 15.5. The summed E-state index contributed by atoms with van der Waals surface area (Å²) in [5.74, 6) is 3.00. The minimum absolute atomic E-state index is 0.236. The highest BCUT2D eigenvalue weighted by molar-refractivity contribution is 5.29. The first-order valence-electron chi connectivity index (χ1n) is 11.4. The van der Waals surface area contributed by atoms with Crippen LogP contribution in [0.3, 0.4) is 0 Å². The molecule has 3 aromatic rings. The van der Waals surface area contributed by atoms with Gasteiger partial charge in [0.2, 0.25) is 0 Å². The molecule has 0 aliphatic rings. The van der Waals surface area contributed by atoms with Gasteiger partial charge in [0.1, 0.15) is 30.0 Å². The minimum Gasteiger partial charge on any atom is -0.494 e. The molecular weight excluding hydrogens is 402 g/mol. The molecule has 3 rings (SSSR count). The van der Waals surface area contributed by atoms with E-state index in [1.54, 1.807) is 6.26 Å². The molecule has 0 amide bonds. The molecule has 0 bridgehead atoms. The lowest BCUT2D eigenvalue weighted by Gasteiger charge is -2.24. The third-order valence-corrected chi connectivity index (χ3v) is 5.22. The van der Waals surface area contributed by atoms with Crippen molar-refractivity contribution in [3.63, 3.8) is 0 Å². The van der Waals surface area contributed by atoms with Crippen molar-refractivity contribution in [1.82, 2.24) is 4.90 Å². The molecule has 2 aromatic carbocycles. The van der Waals surface area contributed by atoms with Crippen LogP contribution in [0.2, 0.25) is 0 Å². The number of aliphatic hydroxyl groups excluding tert-OH is 1. The number of ether oxygens (including phenoxy) is 2. The van der Waals surface area contributed by atoms with Gasteiger partial charge in [-0.15, -0.1) is 0 Å². The monoisotopic (exact) mass is 437 g/mol. The number of furan rings is 1. The Labute approximate surface area is 191 Å². The second-order valence-corrected chi connectivity index (χ2v) is 8.43. The highest BCUT2D eigenvalue weighted by atomic mass is 16.5. The lowest BCUT2D eigenvalue weighted by molar-refractivity contribution is 0.0604. The van der Waals surface area contributed by atoms with Gasteiger partial charge in [0.25, 0.3) is 0 Å². The molecule has 32 heavy (non-hydrogen) atoms. The van der Waals surface area contributed by atoms with Gasteiger partial charge < -0.3 is 19.0 Å². The SMILES string of the molecule is CCCOc1ccc(CN(Cc2ccco2)CC(O)COc2ccc(C(C)C)cc2)cc1. The van der Waals surface area contributed by atoms with Crippen LogP contribution in [0.4, 0.5) is 0 Å². The third-order valence-electron chi connectivity index (χ3n) is 5.22. The zero-order chi connectivity index (χ0) is 22.8. The van der Waals surface area contributed by atoms with Crippen molar-refractivity contribution in [3.05, 3.63) is 83.8 Å². The summed E-state index contributed by atoms with van der Waals surface area (Å²) in [6, 6.07) is 20.0. The minimum atomic E-state index is -0.623.